The Labute approximate surface area is 131 Å². The van der Waals surface area contributed by atoms with Gasteiger partial charge in [-0.3, -0.25) is 9.59 Å². The molecule has 0 saturated carbocycles. The zero-order valence-corrected chi connectivity index (χ0v) is 13.4. The van der Waals surface area contributed by atoms with Crippen molar-refractivity contribution in [2.75, 3.05) is 6.54 Å². The highest BCUT2D eigenvalue weighted by Gasteiger charge is 2.42. The first-order chi connectivity index (χ1) is 10.5. The molecule has 4 heteroatoms. The van der Waals surface area contributed by atoms with Gasteiger partial charge in [-0.2, -0.15) is 0 Å². The van der Waals surface area contributed by atoms with Crippen LogP contribution in [0.5, 0.6) is 0 Å². The minimum Gasteiger partial charge on any atom is -0.503 e. The van der Waals surface area contributed by atoms with Gasteiger partial charge in [-0.25, -0.2) is 0 Å². The molecule has 1 atom stereocenters. The number of Topliss-reactive ketones (excluding diaryl/α,β-unsaturated/α-hetero) is 1. The van der Waals surface area contributed by atoms with E-state index < -0.39 is 11.9 Å². The molecule has 1 amide bonds. The van der Waals surface area contributed by atoms with Crippen LogP contribution in [0.4, 0.5) is 0 Å². The number of aliphatic hydroxyl groups excluding tert-OH is 1. The Kier molecular flexibility index (Phi) is 5.01. The molecule has 1 aromatic rings. The van der Waals surface area contributed by atoms with Crippen molar-refractivity contribution in [3.05, 3.63) is 46.7 Å². The van der Waals surface area contributed by atoms with E-state index >= 15 is 0 Å². The van der Waals surface area contributed by atoms with Crippen molar-refractivity contribution in [2.24, 2.45) is 0 Å². The fraction of sp³-hybridized carbons (Fsp3) is 0.444. The number of amides is 1. The second kappa shape index (κ2) is 6.77. The van der Waals surface area contributed by atoms with Crippen LogP contribution in [-0.4, -0.2) is 28.2 Å². The smallest absolute Gasteiger partial charge is 0.290 e. The Morgan fingerprint density at radius 2 is 1.82 bits per heavy atom. The number of rotatable bonds is 6. The molecule has 1 heterocycles. The molecule has 2 rings (SSSR count). The van der Waals surface area contributed by atoms with Gasteiger partial charge in [0.25, 0.3) is 5.91 Å². The van der Waals surface area contributed by atoms with Crippen LogP contribution in [0.1, 0.15) is 50.8 Å². The monoisotopic (exact) mass is 301 g/mol. The Morgan fingerprint density at radius 1 is 1.18 bits per heavy atom. The van der Waals surface area contributed by atoms with Gasteiger partial charge in [-0.15, -0.1) is 0 Å². The van der Waals surface area contributed by atoms with E-state index in [9.17, 15) is 14.7 Å². The Balaban J connectivity index is 2.49. The lowest BCUT2D eigenvalue weighted by molar-refractivity contribution is -0.129. The normalized spacial score (nSPS) is 18.2. The number of ketones is 1. The van der Waals surface area contributed by atoms with Crippen molar-refractivity contribution < 1.29 is 14.7 Å². The van der Waals surface area contributed by atoms with Crippen LogP contribution in [0, 0.1) is 0 Å². The van der Waals surface area contributed by atoms with Gasteiger partial charge < -0.3 is 10.0 Å². The lowest BCUT2D eigenvalue weighted by atomic mass is 9.94. The topological polar surface area (TPSA) is 57.6 Å². The molecule has 0 radical (unpaired) electrons. The van der Waals surface area contributed by atoms with Gasteiger partial charge in [0.05, 0.1) is 11.6 Å². The Morgan fingerprint density at radius 3 is 2.32 bits per heavy atom. The van der Waals surface area contributed by atoms with Crippen molar-refractivity contribution in [2.45, 2.75) is 46.1 Å². The second-order valence-electron chi connectivity index (χ2n) is 5.54. The van der Waals surface area contributed by atoms with Crippen LogP contribution in [-0.2, 0) is 16.0 Å². The van der Waals surface area contributed by atoms with E-state index in [0.29, 0.717) is 6.54 Å². The lowest BCUT2D eigenvalue weighted by Crippen LogP contribution is -2.31. The number of carbonyl (C=O) groups excluding carboxylic acids is 2. The fourth-order valence-corrected chi connectivity index (χ4v) is 2.88. The van der Waals surface area contributed by atoms with Gasteiger partial charge in [-0.05, 0) is 24.0 Å². The van der Waals surface area contributed by atoms with Crippen molar-refractivity contribution in [1.82, 2.24) is 4.90 Å². The van der Waals surface area contributed by atoms with Crippen molar-refractivity contribution in [1.29, 1.82) is 0 Å². The SMILES string of the molecule is CCCN1C(=O)C(O)=C(C(=O)CC)C1c1ccc(CC)cc1. The molecule has 0 aromatic heterocycles. The minimum absolute atomic E-state index is 0.172. The molecule has 0 bridgehead atoms. The standard InChI is InChI=1S/C18H23NO3/c1-4-11-19-16(13-9-7-12(5-2)8-10-13)15(14(20)6-3)17(21)18(19)22/h7-10,16,21H,4-6,11H2,1-3H3. The maximum Gasteiger partial charge on any atom is 0.290 e. The quantitative estimate of drug-likeness (QED) is 0.876. The average Bonchev–Trinajstić information content (AvgIpc) is 2.79. The van der Waals surface area contributed by atoms with Crippen LogP contribution in [0.3, 0.4) is 0 Å². The van der Waals surface area contributed by atoms with Crippen LogP contribution in [0.15, 0.2) is 35.6 Å². The van der Waals surface area contributed by atoms with Crippen LogP contribution < -0.4 is 0 Å². The van der Waals surface area contributed by atoms with Gasteiger partial charge >= 0.3 is 0 Å². The summed E-state index contributed by atoms with van der Waals surface area (Å²) in [6, 6.07) is 7.44. The second-order valence-corrected chi connectivity index (χ2v) is 5.54. The molecule has 0 spiro atoms. The molecular formula is C18H23NO3. The van der Waals surface area contributed by atoms with Crippen LogP contribution >= 0.6 is 0 Å². The first-order valence-corrected chi connectivity index (χ1v) is 7.91. The molecule has 1 aromatic carbocycles. The minimum atomic E-state index is -0.467. The van der Waals surface area contributed by atoms with Crippen LogP contribution in [0.25, 0.3) is 0 Å². The molecule has 1 aliphatic heterocycles. The number of aliphatic hydroxyl groups is 1. The lowest BCUT2D eigenvalue weighted by Gasteiger charge is -2.26. The van der Waals surface area contributed by atoms with Gasteiger partial charge in [0.2, 0.25) is 0 Å². The van der Waals surface area contributed by atoms with E-state index in [2.05, 4.69) is 6.92 Å². The fourth-order valence-electron chi connectivity index (χ4n) is 2.88. The highest BCUT2D eigenvalue weighted by Crippen LogP contribution is 2.38. The summed E-state index contributed by atoms with van der Waals surface area (Å²) >= 11 is 0. The highest BCUT2D eigenvalue weighted by molar-refractivity contribution is 6.08. The Bertz CT molecular complexity index is 601. The van der Waals surface area contributed by atoms with Gasteiger partial charge in [0, 0.05) is 13.0 Å². The summed E-state index contributed by atoms with van der Waals surface area (Å²) in [5, 5.41) is 10.2. The average molecular weight is 301 g/mol. The van der Waals surface area contributed by atoms with E-state index in [4.69, 9.17) is 0 Å². The van der Waals surface area contributed by atoms with Gasteiger partial charge in [0.15, 0.2) is 11.5 Å². The third-order valence-electron chi connectivity index (χ3n) is 4.09. The summed E-state index contributed by atoms with van der Waals surface area (Å²) in [4.78, 5) is 26.1. The largest absolute Gasteiger partial charge is 0.503 e. The predicted molar refractivity (Wildman–Crippen MR) is 85.5 cm³/mol. The number of hydrogen-bond donors (Lipinski definition) is 1. The first-order valence-electron chi connectivity index (χ1n) is 7.91. The summed E-state index contributed by atoms with van der Waals surface area (Å²) in [7, 11) is 0. The van der Waals surface area contributed by atoms with Crippen molar-refractivity contribution in [3.8, 4) is 0 Å². The summed E-state index contributed by atoms with van der Waals surface area (Å²) in [5.41, 5.74) is 2.32. The summed E-state index contributed by atoms with van der Waals surface area (Å²) in [6.07, 6.45) is 1.98. The van der Waals surface area contributed by atoms with Gasteiger partial charge in [-0.1, -0.05) is 45.0 Å². The zero-order chi connectivity index (χ0) is 16.3. The van der Waals surface area contributed by atoms with Crippen LogP contribution in [0.2, 0.25) is 0 Å². The highest BCUT2D eigenvalue weighted by atomic mass is 16.3. The van der Waals surface area contributed by atoms with E-state index in [1.54, 1.807) is 11.8 Å². The molecule has 0 fully saturated rings. The molecule has 0 aliphatic carbocycles. The number of benzene rings is 1. The third kappa shape index (κ3) is 2.78. The van der Waals surface area contributed by atoms with E-state index in [1.165, 1.54) is 5.56 Å². The number of aryl methyl sites for hydroxylation is 1. The predicted octanol–water partition coefficient (Wildman–Crippen LogP) is 3.33. The van der Waals surface area contributed by atoms with Crippen molar-refractivity contribution in [3.63, 3.8) is 0 Å². The molecule has 1 N–H and O–H groups in total. The zero-order valence-electron chi connectivity index (χ0n) is 13.4. The van der Waals surface area contributed by atoms with Crippen molar-refractivity contribution >= 4 is 11.7 Å². The molecule has 118 valence electrons. The molecule has 1 unspecified atom stereocenters. The number of carbonyl (C=O) groups is 2. The number of hydrogen-bond acceptors (Lipinski definition) is 3. The molecule has 1 aliphatic rings. The summed E-state index contributed by atoms with van der Waals surface area (Å²) in [5.74, 6) is -0.998. The van der Waals surface area contributed by atoms with Gasteiger partial charge in [0.1, 0.15) is 0 Å². The van der Waals surface area contributed by atoms with E-state index in [-0.39, 0.29) is 23.5 Å². The summed E-state index contributed by atoms with van der Waals surface area (Å²) in [6.45, 7) is 6.31. The first kappa shape index (κ1) is 16.3. The molecular weight excluding hydrogens is 278 g/mol. The maximum absolute atomic E-state index is 12.3. The maximum atomic E-state index is 12.3. The van der Waals surface area contributed by atoms with E-state index in [0.717, 1.165) is 18.4 Å². The number of nitrogens with zero attached hydrogens (tertiary/aromatic N) is 1. The summed E-state index contributed by atoms with van der Waals surface area (Å²) < 4.78 is 0. The third-order valence-corrected chi connectivity index (χ3v) is 4.09. The molecule has 22 heavy (non-hydrogen) atoms. The Hall–Kier alpha value is -2.10. The molecule has 4 nitrogen and oxygen atoms in total. The molecule has 0 saturated heterocycles. The van der Waals surface area contributed by atoms with E-state index in [1.807, 2.05) is 31.2 Å².